The van der Waals surface area contributed by atoms with Crippen molar-refractivity contribution in [1.29, 1.82) is 0 Å². The second-order valence-electron chi connectivity index (χ2n) is 24.8. The Morgan fingerprint density at radius 1 is 0.478 bits per heavy atom. The third-order valence-electron chi connectivity index (χ3n) is 17.8. The van der Waals surface area contributed by atoms with Crippen molar-refractivity contribution in [2.45, 2.75) is 155 Å². The van der Waals surface area contributed by atoms with E-state index in [1.54, 1.807) is 12.1 Å². The van der Waals surface area contributed by atoms with E-state index in [0.29, 0.717) is 56.6 Å². The van der Waals surface area contributed by atoms with Gasteiger partial charge in [0.15, 0.2) is 0 Å². The normalized spacial score (nSPS) is 32.0. The Kier molecular flexibility index (Phi) is 12.5. The molecule has 67 heavy (non-hydrogen) atoms. The Morgan fingerprint density at radius 3 is 1.16 bits per heavy atom. The van der Waals surface area contributed by atoms with Crippen molar-refractivity contribution in [3.05, 3.63) is 128 Å². The molecule has 8 aliphatic rings. The van der Waals surface area contributed by atoms with Crippen LogP contribution in [0.5, 0.6) is 11.5 Å². The number of pyridine rings is 1. The summed E-state index contributed by atoms with van der Waals surface area (Å²) >= 11 is 0. The maximum absolute atomic E-state index is 16.2. The number of halogens is 2. The minimum absolute atomic E-state index is 0. The summed E-state index contributed by atoms with van der Waals surface area (Å²) in [6.45, 7) is 18.2. The number of rotatable bonds is 8. The van der Waals surface area contributed by atoms with Gasteiger partial charge in [-0.2, -0.15) is 0 Å². The monoisotopic (exact) mass is 977 g/mol. The summed E-state index contributed by atoms with van der Waals surface area (Å²) in [7, 11) is 0. The molecule has 0 aliphatic heterocycles. The zero-order valence-electron chi connectivity index (χ0n) is 41.8. The Bertz CT molecular complexity index is 2540. The molecule has 4 aromatic carbocycles. The van der Waals surface area contributed by atoms with Crippen molar-refractivity contribution in [2.24, 2.45) is 33.5 Å². The van der Waals surface area contributed by atoms with Crippen LogP contribution in [0.25, 0.3) is 44.8 Å². The van der Waals surface area contributed by atoms with E-state index in [4.69, 9.17) is 4.98 Å². The number of hydrogen-bond donors (Lipinski definition) is 0. The molecule has 8 bridgehead atoms. The summed E-state index contributed by atoms with van der Waals surface area (Å²) in [6.07, 6.45) is 12.8. The minimum atomic E-state index is -0.369. The standard InChI is InChI=1S/C59H67F2NO2.2CH3.Zr/c1-34(2)38-12-14-42(46-18-40(60)20-48(52(46)63)58-26-36-22-54(5,30-58)28-55(6,23-36)31-58)44(16-38)50-10-9-11-51(62-50)45-17-39(35(3)4)13-15-43(45)47-19-41(61)21-49(53(47)64)59-27-37-24-56(7,32-59)29-57(8,25-37)33-59;;;/h9-21,34-37,63-64H,22-33H2,1-8H3;2*1H3;/q;2*-1;+4/p-2/t36?,37?,54-,55+,56-,57+,58?,59?;;;. The van der Waals surface area contributed by atoms with Crippen LogP contribution in [0.2, 0.25) is 0 Å². The van der Waals surface area contributed by atoms with Crippen molar-refractivity contribution in [2.75, 3.05) is 0 Å². The fourth-order valence-electron chi connectivity index (χ4n) is 17.3. The first-order chi connectivity index (χ1) is 30.2. The van der Waals surface area contributed by atoms with Gasteiger partial charge in [0.1, 0.15) is 11.6 Å². The van der Waals surface area contributed by atoms with Gasteiger partial charge in [-0.1, -0.05) is 97.2 Å². The zero-order valence-corrected chi connectivity index (χ0v) is 44.3. The molecule has 8 saturated carbocycles. The zero-order chi connectivity index (χ0) is 44.9. The molecule has 1 heterocycles. The molecule has 8 fully saturated rings. The molecule has 0 amide bonds. The van der Waals surface area contributed by atoms with Crippen molar-refractivity contribution in [3.8, 4) is 56.3 Å². The van der Waals surface area contributed by atoms with Gasteiger partial charge < -0.3 is 25.1 Å². The van der Waals surface area contributed by atoms with E-state index in [1.807, 2.05) is 30.3 Å². The molecule has 1 aromatic heterocycles. The second kappa shape index (κ2) is 16.8. The van der Waals surface area contributed by atoms with Crippen LogP contribution in [-0.4, -0.2) is 4.98 Å². The van der Waals surface area contributed by atoms with E-state index in [2.05, 4.69) is 79.7 Å². The van der Waals surface area contributed by atoms with E-state index in [0.717, 1.165) is 60.8 Å². The van der Waals surface area contributed by atoms with E-state index >= 15 is 19.0 Å². The predicted octanol–water partition coefficient (Wildman–Crippen LogP) is 15.8. The molecular formula is C61H71F2NO2Zr. The van der Waals surface area contributed by atoms with Crippen LogP contribution < -0.4 is 10.2 Å². The van der Waals surface area contributed by atoms with Gasteiger partial charge in [0.05, 0.1) is 11.4 Å². The van der Waals surface area contributed by atoms with Crippen molar-refractivity contribution < 1.29 is 45.2 Å². The van der Waals surface area contributed by atoms with Gasteiger partial charge in [0.25, 0.3) is 0 Å². The van der Waals surface area contributed by atoms with Crippen molar-refractivity contribution in [1.82, 2.24) is 4.98 Å². The predicted molar refractivity (Wildman–Crippen MR) is 264 cm³/mol. The number of benzene rings is 4. The molecule has 13 rings (SSSR count). The SMILES string of the molecule is CC(C)c1ccc(-c2cc(F)cc(C34CC5C[C@@](C)(C3)C[C@](C)(C5)C4)c2[O-])c(-c2cccc(-c3cc(C(C)C)ccc3-c3cc(F)cc(C45CC6C[C@@](C)(C4)C[C@](C)(C6)C5)c3[O-])n2)c1.[CH3-].[CH3-].[Zr+4]. The molecule has 6 heteroatoms. The van der Waals surface area contributed by atoms with Gasteiger partial charge in [0, 0.05) is 11.1 Å². The van der Waals surface area contributed by atoms with Crippen LogP contribution in [0, 0.1) is 60.0 Å². The Labute approximate surface area is 420 Å². The Morgan fingerprint density at radius 2 is 0.836 bits per heavy atom. The average Bonchev–Trinajstić information content (AvgIpc) is 3.19. The Hall–Kier alpha value is -3.63. The molecule has 8 aliphatic carbocycles. The van der Waals surface area contributed by atoms with Crippen LogP contribution in [-0.2, 0) is 37.0 Å². The van der Waals surface area contributed by atoms with Crippen LogP contribution in [0.15, 0.2) is 78.9 Å². The number of nitrogens with zero attached hydrogens (tertiary/aromatic N) is 1. The quantitative estimate of drug-likeness (QED) is 0.146. The molecule has 0 spiro atoms. The molecule has 0 N–H and O–H groups in total. The first kappa shape index (κ1) is 49.8. The average molecular weight is 979 g/mol. The van der Waals surface area contributed by atoms with Gasteiger partial charge in [-0.25, -0.2) is 13.8 Å². The van der Waals surface area contributed by atoms with Gasteiger partial charge >= 0.3 is 26.2 Å². The third-order valence-corrected chi connectivity index (χ3v) is 17.8. The van der Waals surface area contributed by atoms with E-state index in [-0.39, 0.29) is 109 Å². The van der Waals surface area contributed by atoms with E-state index in [9.17, 15) is 0 Å². The minimum Gasteiger partial charge on any atom is -0.872 e. The molecule has 5 aromatic rings. The molecule has 8 atom stereocenters. The first-order valence-corrected chi connectivity index (χ1v) is 24.5. The largest absolute Gasteiger partial charge is 4.00 e. The molecule has 0 saturated heterocycles. The van der Waals surface area contributed by atoms with E-state index in [1.165, 1.54) is 50.7 Å². The van der Waals surface area contributed by atoms with E-state index < -0.39 is 0 Å². The maximum Gasteiger partial charge on any atom is 4.00 e. The number of aromatic nitrogens is 1. The van der Waals surface area contributed by atoms with Crippen LogP contribution >= 0.6 is 0 Å². The fourth-order valence-corrected chi connectivity index (χ4v) is 17.3. The Balaban J connectivity index is 0.00000203. The van der Waals surface area contributed by atoms with Gasteiger partial charge in [-0.05, 0) is 226 Å². The third kappa shape index (κ3) is 8.21. The topological polar surface area (TPSA) is 59.0 Å². The summed E-state index contributed by atoms with van der Waals surface area (Å²) in [5, 5.41) is 30.2. The summed E-state index contributed by atoms with van der Waals surface area (Å²) in [4.78, 5) is 5.39. The maximum atomic E-state index is 16.2. The van der Waals surface area contributed by atoms with Gasteiger partial charge in [-0.3, -0.25) is 0 Å². The van der Waals surface area contributed by atoms with Crippen LogP contribution in [0.1, 0.15) is 167 Å². The summed E-state index contributed by atoms with van der Waals surface area (Å²) in [6, 6.07) is 24.3. The summed E-state index contributed by atoms with van der Waals surface area (Å²) in [5.74, 6) is 0.649. The van der Waals surface area contributed by atoms with Gasteiger partial charge in [-0.15, -0.1) is 0 Å². The fraction of sp³-hybridized carbons (Fsp3) is 0.492. The van der Waals surface area contributed by atoms with Crippen molar-refractivity contribution >= 4 is 0 Å². The summed E-state index contributed by atoms with van der Waals surface area (Å²) in [5.41, 5.74) is 8.48. The molecule has 3 nitrogen and oxygen atoms in total. The van der Waals surface area contributed by atoms with Crippen LogP contribution in [0.3, 0.4) is 0 Å². The molecule has 350 valence electrons. The molecular weight excluding hydrogens is 908 g/mol. The summed E-state index contributed by atoms with van der Waals surface area (Å²) < 4.78 is 32.5. The van der Waals surface area contributed by atoms with Crippen molar-refractivity contribution in [3.63, 3.8) is 0 Å². The molecule has 0 radical (unpaired) electrons. The molecule has 4 unspecified atom stereocenters. The van der Waals surface area contributed by atoms with Crippen LogP contribution in [0.4, 0.5) is 8.78 Å². The number of hydrogen-bond acceptors (Lipinski definition) is 3. The first-order valence-electron chi connectivity index (χ1n) is 24.5. The van der Waals surface area contributed by atoms with Gasteiger partial charge in [0.2, 0.25) is 0 Å². The second-order valence-corrected chi connectivity index (χ2v) is 24.8. The smallest absolute Gasteiger partial charge is 0.872 e.